The smallest absolute Gasteiger partial charge is 0.326 e. The Morgan fingerprint density at radius 1 is 1.27 bits per heavy atom. The molecule has 178 valence electrons. The number of aromatic amines is 1. The van der Waals surface area contributed by atoms with E-state index in [0.29, 0.717) is 36.6 Å². The lowest BCUT2D eigenvalue weighted by Gasteiger charge is -2.25. The van der Waals surface area contributed by atoms with Crippen LogP contribution in [0.3, 0.4) is 0 Å². The molecule has 1 amide bonds. The molecule has 33 heavy (non-hydrogen) atoms. The van der Waals surface area contributed by atoms with E-state index in [1.54, 1.807) is 12.1 Å². The molecular weight excluding hydrogens is 456 g/mol. The maximum absolute atomic E-state index is 12.3. The normalized spacial score (nSPS) is 16.2. The number of carbonyl (C=O) groups is 2. The Balaban J connectivity index is 1.55. The summed E-state index contributed by atoms with van der Waals surface area (Å²) in [6.45, 7) is 1.13. The van der Waals surface area contributed by atoms with E-state index < -0.39 is 40.2 Å². The van der Waals surface area contributed by atoms with Gasteiger partial charge in [0.2, 0.25) is 5.95 Å². The number of nitrogen functional groups attached to an aromatic ring is 1. The zero-order valence-corrected chi connectivity index (χ0v) is 18.2. The Labute approximate surface area is 188 Å². The summed E-state index contributed by atoms with van der Waals surface area (Å²) < 4.78 is 30.4. The number of rotatable bonds is 9. The van der Waals surface area contributed by atoms with Gasteiger partial charge in [-0.2, -0.15) is 13.4 Å². The minimum Gasteiger partial charge on any atom is -0.480 e. The summed E-state index contributed by atoms with van der Waals surface area (Å²) in [4.78, 5) is 42.2. The number of amides is 1. The van der Waals surface area contributed by atoms with Gasteiger partial charge in [-0.15, -0.1) is 0 Å². The van der Waals surface area contributed by atoms with Gasteiger partial charge in [-0.1, -0.05) is 0 Å². The van der Waals surface area contributed by atoms with Crippen molar-refractivity contribution in [1.29, 1.82) is 0 Å². The van der Waals surface area contributed by atoms with Crippen LogP contribution >= 0.6 is 0 Å². The Bertz CT molecular complexity index is 1200. The summed E-state index contributed by atoms with van der Waals surface area (Å²) in [5, 5.41) is 17.7. The molecule has 0 aliphatic carbocycles. The lowest BCUT2D eigenvalue weighted by atomic mass is 9.96. The number of carboxylic acids is 1. The van der Waals surface area contributed by atoms with Crippen molar-refractivity contribution < 1.29 is 27.7 Å². The maximum atomic E-state index is 12.3. The minimum atomic E-state index is -4.35. The highest BCUT2D eigenvalue weighted by Crippen LogP contribution is 2.21. The summed E-state index contributed by atoms with van der Waals surface area (Å²) >= 11 is 0. The zero-order valence-electron chi connectivity index (χ0n) is 17.4. The summed E-state index contributed by atoms with van der Waals surface area (Å²) in [7, 11) is -4.35. The minimum absolute atomic E-state index is 0.0556. The fraction of sp³-hybridized carbons (Fsp3) is 0.368. The van der Waals surface area contributed by atoms with Crippen molar-refractivity contribution in [3.8, 4) is 0 Å². The molecule has 1 aliphatic rings. The number of H-pyrrole nitrogens is 1. The number of carbonyl (C=O) groups excluding carboxylic acids is 1. The summed E-state index contributed by atoms with van der Waals surface area (Å²) in [5.41, 5.74) is 6.70. The van der Waals surface area contributed by atoms with Crippen molar-refractivity contribution in [3.63, 3.8) is 0 Å². The third kappa shape index (κ3) is 6.66. The highest BCUT2D eigenvalue weighted by molar-refractivity contribution is 7.85. The number of nitrogens with zero attached hydrogens (tertiary/aromatic N) is 1. The van der Waals surface area contributed by atoms with Crippen molar-refractivity contribution in [2.24, 2.45) is 5.92 Å². The van der Waals surface area contributed by atoms with Crippen molar-refractivity contribution in [2.45, 2.75) is 18.9 Å². The van der Waals surface area contributed by atoms with Gasteiger partial charge in [0, 0.05) is 24.3 Å². The van der Waals surface area contributed by atoms with Gasteiger partial charge in [0.15, 0.2) is 0 Å². The number of nitrogens with one attached hydrogen (secondary N) is 4. The molecule has 13 nitrogen and oxygen atoms in total. The van der Waals surface area contributed by atoms with Gasteiger partial charge in [-0.3, -0.25) is 19.1 Å². The number of carboxylic acid groups (broad SMARTS) is 1. The van der Waals surface area contributed by atoms with E-state index in [-0.39, 0.29) is 23.0 Å². The molecule has 1 aromatic heterocycles. The van der Waals surface area contributed by atoms with E-state index in [4.69, 9.17) is 15.4 Å². The average molecular weight is 481 g/mol. The summed E-state index contributed by atoms with van der Waals surface area (Å²) in [6, 6.07) is 4.80. The standard InChI is InChI=1S/C19H24N6O7S/c20-19-24-15-13(17(27)25-19)7-10(9-22-15)8-21-12-3-1-11(2-4-12)16(26)23-14(18(28)29)5-6-33(30,31)32/h1-4,10,14,21H,5-9H2,(H,23,26)(H,28,29)(H,30,31,32)(H4,20,22,24,25,27). The first-order chi connectivity index (χ1) is 15.5. The molecule has 0 spiro atoms. The van der Waals surface area contributed by atoms with Gasteiger partial charge in [0.25, 0.3) is 21.6 Å². The Morgan fingerprint density at radius 2 is 1.97 bits per heavy atom. The largest absolute Gasteiger partial charge is 0.480 e. The van der Waals surface area contributed by atoms with E-state index in [1.165, 1.54) is 12.1 Å². The first-order valence-electron chi connectivity index (χ1n) is 9.97. The molecule has 8 N–H and O–H groups in total. The van der Waals surface area contributed by atoms with Crippen LogP contribution in [0.2, 0.25) is 0 Å². The molecule has 0 saturated carbocycles. The number of aliphatic carboxylic acids is 1. The number of aromatic nitrogens is 2. The van der Waals surface area contributed by atoms with Crippen molar-refractivity contribution in [1.82, 2.24) is 15.3 Å². The quantitative estimate of drug-likeness (QED) is 0.227. The fourth-order valence-electron chi connectivity index (χ4n) is 3.36. The number of nitrogens with two attached hydrogens (primary N) is 1. The van der Waals surface area contributed by atoms with Crippen LogP contribution in [0.15, 0.2) is 29.1 Å². The fourth-order valence-corrected chi connectivity index (χ4v) is 3.90. The topological polar surface area (TPSA) is 217 Å². The second kappa shape index (κ2) is 9.87. The summed E-state index contributed by atoms with van der Waals surface area (Å²) in [5.74, 6) is -2.25. The maximum Gasteiger partial charge on any atom is 0.326 e. The first kappa shape index (κ1) is 24.0. The van der Waals surface area contributed by atoms with E-state index in [9.17, 15) is 22.8 Å². The lowest BCUT2D eigenvalue weighted by molar-refractivity contribution is -0.139. The number of hydrogen-bond acceptors (Lipinski definition) is 9. The Kier molecular flexibility index (Phi) is 7.18. The monoisotopic (exact) mass is 480 g/mol. The van der Waals surface area contributed by atoms with Gasteiger partial charge in [0.1, 0.15) is 11.9 Å². The first-order valence-corrected chi connectivity index (χ1v) is 11.6. The van der Waals surface area contributed by atoms with Crippen LogP contribution in [-0.2, 0) is 21.3 Å². The van der Waals surface area contributed by atoms with Gasteiger partial charge in [-0.25, -0.2) is 4.79 Å². The van der Waals surface area contributed by atoms with Crippen molar-refractivity contribution in [3.05, 3.63) is 45.7 Å². The van der Waals surface area contributed by atoms with E-state index in [1.807, 2.05) is 0 Å². The molecule has 1 aliphatic heterocycles. The van der Waals surface area contributed by atoms with Crippen LogP contribution in [0.5, 0.6) is 0 Å². The number of benzene rings is 1. The highest BCUT2D eigenvalue weighted by atomic mass is 32.2. The van der Waals surface area contributed by atoms with Crippen LogP contribution < -0.4 is 27.2 Å². The predicted molar refractivity (Wildman–Crippen MR) is 120 cm³/mol. The molecule has 1 aromatic carbocycles. The molecule has 2 unspecified atom stereocenters. The van der Waals surface area contributed by atoms with E-state index >= 15 is 0 Å². The second-order valence-electron chi connectivity index (χ2n) is 7.63. The molecule has 0 saturated heterocycles. The third-order valence-electron chi connectivity index (χ3n) is 5.09. The SMILES string of the molecule is Nc1nc2c(c(=O)[nH]1)CC(CNc1ccc(C(=O)NC(CCS(=O)(=O)O)C(=O)O)cc1)CN2. The third-order valence-corrected chi connectivity index (χ3v) is 5.85. The predicted octanol–water partition coefficient (Wildman–Crippen LogP) is -0.491. The van der Waals surface area contributed by atoms with E-state index in [2.05, 4.69) is 25.9 Å². The van der Waals surface area contributed by atoms with Crippen molar-refractivity contribution >= 4 is 39.4 Å². The Hall–Kier alpha value is -3.65. The van der Waals surface area contributed by atoms with E-state index in [0.717, 1.165) is 0 Å². The molecule has 3 rings (SSSR count). The molecular formula is C19H24N6O7S. The van der Waals surface area contributed by atoms with Gasteiger partial charge in [-0.05, 0) is 43.0 Å². The molecule has 0 radical (unpaired) electrons. The number of anilines is 3. The molecule has 2 heterocycles. The van der Waals surface area contributed by atoms with Crippen molar-refractivity contribution in [2.75, 3.05) is 35.2 Å². The molecule has 0 fully saturated rings. The number of fused-ring (bicyclic) bond motifs is 1. The van der Waals surface area contributed by atoms with Gasteiger partial charge < -0.3 is 26.8 Å². The highest BCUT2D eigenvalue weighted by Gasteiger charge is 2.24. The average Bonchev–Trinajstić information content (AvgIpc) is 2.74. The van der Waals surface area contributed by atoms with Gasteiger partial charge >= 0.3 is 5.97 Å². The molecule has 0 bridgehead atoms. The molecule has 14 heteroatoms. The Morgan fingerprint density at radius 3 is 2.61 bits per heavy atom. The van der Waals surface area contributed by atoms with Crippen LogP contribution in [0.4, 0.5) is 17.5 Å². The van der Waals surface area contributed by atoms with Crippen LogP contribution in [0.1, 0.15) is 22.3 Å². The number of hydrogen-bond donors (Lipinski definition) is 7. The van der Waals surface area contributed by atoms with Crippen LogP contribution in [-0.4, -0.2) is 64.8 Å². The van der Waals surface area contributed by atoms with Gasteiger partial charge in [0.05, 0.1) is 11.3 Å². The lowest BCUT2D eigenvalue weighted by Crippen LogP contribution is -2.41. The molecule has 2 aromatic rings. The van der Waals surface area contributed by atoms with Crippen LogP contribution in [0, 0.1) is 5.92 Å². The zero-order chi connectivity index (χ0) is 24.2. The molecule has 2 atom stereocenters. The summed E-state index contributed by atoms with van der Waals surface area (Å²) in [6.07, 6.45) is 0.0433. The second-order valence-corrected chi connectivity index (χ2v) is 9.20. The van der Waals surface area contributed by atoms with Crippen LogP contribution in [0.25, 0.3) is 0 Å².